The summed E-state index contributed by atoms with van der Waals surface area (Å²) in [5, 5.41) is 16.0. The average Bonchev–Trinajstić information content (AvgIpc) is 3.05. The van der Waals surface area contributed by atoms with Gasteiger partial charge in [0.05, 0.1) is 21.8 Å². The van der Waals surface area contributed by atoms with Crippen LogP contribution in [0.2, 0.25) is 0 Å². The summed E-state index contributed by atoms with van der Waals surface area (Å²) in [6.45, 7) is 1.94. The SMILES string of the molecule is CCN(C(=O)O)c1nc2ccc(-c3n[nH]c(=O)c4cccc(F)c34)cc2[nH]1. The highest BCUT2D eigenvalue weighted by Crippen LogP contribution is 2.29. The molecule has 27 heavy (non-hydrogen) atoms. The number of halogens is 1. The first-order valence-corrected chi connectivity index (χ1v) is 8.17. The van der Waals surface area contributed by atoms with E-state index in [0.29, 0.717) is 16.6 Å². The summed E-state index contributed by atoms with van der Waals surface area (Å²) in [6, 6.07) is 9.32. The molecule has 0 aliphatic heterocycles. The Morgan fingerprint density at radius 2 is 2.11 bits per heavy atom. The lowest BCUT2D eigenvalue weighted by Gasteiger charge is -2.12. The molecule has 9 heteroatoms. The van der Waals surface area contributed by atoms with Crippen LogP contribution in [0.3, 0.4) is 0 Å². The van der Waals surface area contributed by atoms with Crippen LogP contribution in [0.1, 0.15) is 6.92 Å². The zero-order valence-corrected chi connectivity index (χ0v) is 14.2. The van der Waals surface area contributed by atoms with Gasteiger partial charge in [-0.2, -0.15) is 5.10 Å². The summed E-state index contributed by atoms with van der Waals surface area (Å²) in [5.74, 6) is -0.350. The monoisotopic (exact) mass is 367 g/mol. The van der Waals surface area contributed by atoms with Crippen LogP contribution in [-0.4, -0.2) is 37.9 Å². The van der Waals surface area contributed by atoms with Gasteiger partial charge in [0.2, 0.25) is 5.95 Å². The number of amides is 1. The number of carbonyl (C=O) groups is 1. The van der Waals surface area contributed by atoms with Crippen LogP contribution in [0.4, 0.5) is 15.1 Å². The lowest BCUT2D eigenvalue weighted by atomic mass is 10.0. The predicted molar refractivity (Wildman–Crippen MR) is 98.5 cm³/mol. The van der Waals surface area contributed by atoms with Crippen molar-refractivity contribution in [1.82, 2.24) is 20.2 Å². The molecular weight excluding hydrogens is 353 g/mol. The molecule has 0 saturated heterocycles. The number of carboxylic acid groups (broad SMARTS) is 1. The fourth-order valence-corrected chi connectivity index (χ4v) is 3.03. The lowest BCUT2D eigenvalue weighted by Crippen LogP contribution is -2.29. The van der Waals surface area contributed by atoms with Gasteiger partial charge in [-0.1, -0.05) is 12.1 Å². The maximum atomic E-state index is 14.4. The van der Waals surface area contributed by atoms with E-state index in [0.717, 1.165) is 4.90 Å². The smallest absolute Gasteiger partial charge is 0.414 e. The van der Waals surface area contributed by atoms with Gasteiger partial charge in [0.1, 0.15) is 11.5 Å². The molecular formula is C18H14FN5O3. The second-order valence-corrected chi connectivity index (χ2v) is 5.88. The van der Waals surface area contributed by atoms with E-state index in [1.165, 1.54) is 18.2 Å². The minimum atomic E-state index is -1.12. The van der Waals surface area contributed by atoms with E-state index >= 15 is 0 Å². The van der Waals surface area contributed by atoms with Crippen LogP contribution in [-0.2, 0) is 0 Å². The minimum Gasteiger partial charge on any atom is -0.465 e. The molecule has 0 bridgehead atoms. The molecule has 0 spiro atoms. The highest BCUT2D eigenvalue weighted by molar-refractivity contribution is 5.96. The van der Waals surface area contributed by atoms with Gasteiger partial charge >= 0.3 is 6.09 Å². The number of imidazole rings is 1. The molecule has 1 amide bonds. The van der Waals surface area contributed by atoms with Crippen LogP contribution in [0.15, 0.2) is 41.2 Å². The number of aromatic nitrogens is 4. The summed E-state index contributed by atoms with van der Waals surface area (Å²) in [6.07, 6.45) is -1.12. The number of hydrogen-bond acceptors (Lipinski definition) is 4. The molecule has 8 nitrogen and oxygen atoms in total. The number of aromatic amines is 2. The molecule has 0 saturated carbocycles. The Bertz CT molecular complexity index is 1250. The van der Waals surface area contributed by atoms with E-state index in [4.69, 9.17) is 0 Å². The van der Waals surface area contributed by atoms with E-state index in [9.17, 15) is 19.1 Å². The number of rotatable bonds is 3. The van der Waals surface area contributed by atoms with Gasteiger partial charge in [0, 0.05) is 12.1 Å². The molecule has 0 radical (unpaired) electrons. The van der Waals surface area contributed by atoms with Crippen molar-refractivity contribution in [2.24, 2.45) is 0 Å². The standard InChI is InChI=1S/C18H14FN5O3/c1-2-24(18(26)27)17-20-12-7-6-9(8-13(12)21-17)15-14-10(16(25)23-22-15)4-3-5-11(14)19/h3-8H,2H2,1H3,(H,20,21)(H,23,25)(H,26,27). The van der Waals surface area contributed by atoms with Crippen LogP contribution in [0, 0.1) is 5.82 Å². The van der Waals surface area contributed by atoms with E-state index in [1.54, 1.807) is 25.1 Å². The molecule has 4 rings (SSSR count). The molecule has 136 valence electrons. The lowest BCUT2D eigenvalue weighted by molar-refractivity contribution is 0.202. The highest BCUT2D eigenvalue weighted by atomic mass is 19.1. The molecule has 2 aromatic carbocycles. The fraction of sp³-hybridized carbons (Fsp3) is 0.111. The summed E-state index contributed by atoms with van der Waals surface area (Å²) in [4.78, 5) is 31.5. The normalized spacial score (nSPS) is 11.2. The zero-order valence-electron chi connectivity index (χ0n) is 14.2. The summed E-state index contributed by atoms with van der Waals surface area (Å²) >= 11 is 0. The van der Waals surface area contributed by atoms with Gasteiger partial charge in [-0.05, 0) is 31.2 Å². The molecule has 0 unspecified atom stereocenters. The summed E-state index contributed by atoms with van der Waals surface area (Å²) in [5.41, 5.74) is 1.49. The Labute approximate surface area is 151 Å². The maximum Gasteiger partial charge on any atom is 0.414 e. The Morgan fingerprint density at radius 3 is 2.85 bits per heavy atom. The second kappa shape index (κ2) is 6.20. The van der Waals surface area contributed by atoms with Crippen LogP contribution < -0.4 is 10.5 Å². The number of nitrogens with zero attached hydrogens (tertiary/aromatic N) is 3. The number of hydrogen-bond donors (Lipinski definition) is 3. The van der Waals surface area contributed by atoms with E-state index in [1.807, 2.05) is 0 Å². The zero-order chi connectivity index (χ0) is 19.1. The van der Waals surface area contributed by atoms with Crippen molar-refractivity contribution < 1.29 is 14.3 Å². The van der Waals surface area contributed by atoms with Crippen molar-refractivity contribution in [2.45, 2.75) is 6.92 Å². The molecule has 0 fully saturated rings. The molecule has 4 aromatic rings. The fourth-order valence-electron chi connectivity index (χ4n) is 3.03. The van der Waals surface area contributed by atoms with Gasteiger partial charge in [-0.15, -0.1) is 0 Å². The Kier molecular flexibility index (Phi) is 3.84. The van der Waals surface area contributed by atoms with Crippen molar-refractivity contribution in [1.29, 1.82) is 0 Å². The van der Waals surface area contributed by atoms with Gasteiger partial charge < -0.3 is 10.1 Å². The number of benzene rings is 2. The minimum absolute atomic E-state index is 0.126. The predicted octanol–water partition coefficient (Wildman–Crippen LogP) is 3.11. The Morgan fingerprint density at radius 1 is 1.30 bits per heavy atom. The second-order valence-electron chi connectivity index (χ2n) is 5.88. The number of H-pyrrole nitrogens is 2. The van der Waals surface area contributed by atoms with Gasteiger partial charge in [-0.3, -0.25) is 4.79 Å². The molecule has 0 aliphatic rings. The molecule has 2 aromatic heterocycles. The maximum absolute atomic E-state index is 14.4. The number of nitrogens with one attached hydrogen (secondary N) is 2. The van der Waals surface area contributed by atoms with Gasteiger partial charge in [0.15, 0.2) is 0 Å². The van der Waals surface area contributed by atoms with Crippen molar-refractivity contribution in [3.05, 3.63) is 52.6 Å². The molecule has 0 aliphatic carbocycles. The first kappa shape index (κ1) is 16.7. The first-order chi connectivity index (χ1) is 13.0. The van der Waals surface area contributed by atoms with Crippen LogP contribution in [0.25, 0.3) is 33.1 Å². The summed E-state index contributed by atoms with van der Waals surface area (Å²) in [7, 11) is 0. The van der Waals surface area contributed by atoms with E-state index in [-0.39, 0.29) is 29.0 Å². The van der Waals surface area contributed by atoms with Crippen molar-refractivity contribution in [3.8, 4) is 11.3 Å². The quantitative estimate of drug-likeness (QED) is 0.515. The van der Waals surface area contributed by atoms with Crippen molar-refractivity contribution >= 4 is 33.8 Å². The van der Waals surface area contributed by atoms with Crippen LogP contribution in [0.5, 0.6) is 0 Å². The van der Waals surface area contributed by atoms with Crippen molar-refractivity contribution in [2.75, 3.05) is 11.4 Å². The van der Waals surface area contributed by atoms with E-state index < -0.39 is 17.5 Å². The molecule has 3 N–H and O–H groups in total. The molecule has 2 heterocycles. The van der Waals surface area contributed by atoms with Gasteiger partial charge in [0.25, 0.3) is 5.56 Å². The number of fused-ring (bicyclic) bond motifs is 2. The van der Waals surface area contributed by atoms with Crippen LogP contribution >= 0.6 is 0 Å². The largest absolute Gasteiger partial charge is 0.465 e. The first-order valence-electron chi connectivity index (χ1n) is 8.17. The third-order valence-corrected chi connectivity index (χ3v) is 4.31. The number of anilines is 1. The topological polar surface area (TPSA) is 115 Å². The highest BCUT2D eigenvalue weighted by Gasteiger charge is 2.18. The van der Waals surface area contributed by atoms with Crippen molar-refractivity contribution in [3.63, 3.8) is 0 Å². The van der Waals surface area contributed by atoms with E-state index in [2.05, 4.69) is 20.2 Å². The summed E-state index contributed by atoms with van der Waals surface area (Å²) < 4.78 is 14.4. The van der Waals surface area contributed by atoms with Gasteiger partial charge in [-0.25, -0.2) is 24.2 Å². The molecule has 0 atom stereocenters. The Balaban J connectivity index is 1.91. The third-order valence-electron chi connectivity index (χ3n) is 4.31. The average molecular weight is 367 g/mol. The Hall–Kier alpha value is -3.75. The third kappa shape index (κ3) is 2.69.